The van der Waals surface area contributed by atoms with Crippen LogP contribution in [0.3, 0.4) is 0 Å². The van der Waals surface area contributed by atoms with Crippen LogP contribution in [0.15, 0.2) is 35.4 Å². The number of alkyl halides is 3. The van der Waals surface area contributed by atoms with Crippen LogP contribution in [0.1, 0.15) is 35.6 Å². The lowest BCUT2D eigenvalue weighted by Crippen LogP contribution is -2.39. The first-order valence-electron chi connectivity index (χ1n) is 7.87. The Morgan fingerprint density at radius 3 is 2.48 bits per heavy atom. The van der Waals surface area contributed by atoms with Gasteiger partial charge in [0.1, 0.15) is 0 Å². The van der Waals surface area contributed by atoms with Crippen LogP contribution >= 0.6 is 0 Å². The summed E-state index contributed by atoms with van der Waals surface area (Å²) in [6.07, 6.45) is -1.28. The SMILES string of the molecule is Cc1cn[nH]c1[C@@H]1CCCN(S(=O)(=O)c2ccc(C(F)(F)F)cc2)C1. The average Bonchev–Trinajstić information content (AvgIpc) is 3.00. The van der Waals surface area contributed by atoms with Gasteiger partial charge in [-0.2, -0.15) is 22.6 Å². The number of benzene rings is 1. The number of aromatic nitrogens is 2. The molecule has 25 heavy (non-hydrogen) atoms. The van der Waals surface area contributed by atoms with Gasteiger partial charge in [-0.15, -0.1) is 0 Å². The highest BCUT2D eigenvalue weighted by molar-refractivity contribution is 7.89. The van der Waals surface area contributed by atoms with Crippen LogP contribution in [-0.4, -0.2) is 36.0 Å². The molecule has 0 spiro atoms. The van der Waals surface area contributed by atoms with Gasteiger partial charge in [-0.05, 0) is 49.6 Å². The minimum absolute atomic E-state index is 0.000438. The lowest BCUT2D eigenvalue weighted by Gasteiger charge is -2.31. The summed E-state index contributed by atoms with van der Waals surface area (Å²) >= 11 is 0. The van der Waals surface area contributed by atoms with Crippen molar-refractivity contribution in [3.63, 3.8) is 0 Å². The Morgan fingerprint density at radius 2 is 1.92 bits per heavy atom. The van der Waals surface area contributed by atoms with Gasteiger partial charge in [0.25, 0.3) is 0 Å². The monoisotopic (exact) mass is 373 g/mol. The number of hydrogen-bond donors (Lipinski definition) is 1. The standard InChI is InChI=1S/C16H18F3N3O2S/c1-11-9-20-21-15(11)12-3-2-8-22(10-12)25(23,24)14-6-4-13(5-7-14)16(17,18)19/h4-7,9,12H,2-3,8,10H2,1H3,(H,20,21)/t12-/m1/s1. The van der Waals surface area contributed by atoms with Crippen molar-refractivity contribution < 1.29 is 21.6 Å². The molecule has 3 rings (SSSR count). The Bertz CT molecular complexity index is 844. The lowest BCUT2D eigenvalue weighted by atomic mass is 9.94. The molecule has 1 fully saturated rings. The van der Waals surface area contributed by atoms with Crippen molar-refractivity contribution in [2.75, 3.05) is 13.1 Å². The Balaban J connectivity index is 1.83. The summed E-state index contributed by atoms with van der Waals surface area (Å²) in [5.41, 5.74) is 1.02. The Kier molecular flexibility index (Phi) is 4.63. The highest BCUT2D eigenvalue weighted by Gasteiger charge is 2.34. The maximum absolute atomic E-state index is 12.8. The van der Waals surface area contributed by atoms with Gasteiger partial charge < -0.3 is 0 Å². The smallest absolute Gasteiger partial charge is 0.282 e. The van der Waals surface area contributed by atoms with Gasteiger partial charge in [-0.1, -0.05) is 0 Å². The third-order valence-electron chi connectivity index (χ3n) is 4.48. The van der Waals surface area contributed by atoms with Crippen molar-refractivity contribution in [2.45, 2.75) is 36.8 Å². The molecule has 1 aliphatic rings. The summed E-state index contributed by atoms with van der Waals surface area (Å²) in [6, 6.07) is 3.63. The largest absolute Gasteiger partial charge is 0.416 e. The highest BCUT2D eigenvalue weighted by Crippen LogP contribution is 2.33. The van der Waals surface area contributed by atoms with Crippen molar-refractivity contribution in [1.82, 2.24) is 14.5 Å². The fourth-order valence-electron chi connectivity index (χ4n) is 3.13. The Labute approximate surface area is 143 Å². The fraction of sp³-hybridized carbons (Fsp3) is 0.438. The summed E-state index contributed by atoms with van der Waals surface area (Å²) < 4.78 is 64.8. The third-order valence-corrected chi connectivity index (χ3v) is 6.36. The summed E-state index contributed by atoms with van der Waals surface area (Å²) in [5.74, 6) is 0.000438. The number of sulfonamides is 1. The normalized spacial score (nSPS) is 19.9. The number of rotatable bonds is 3. The van der Waals surface area contributed by atoms with Gasteiger partial charge in [0.2, 0.25) is 10.0 Å². The lowest BCUT2D eigenvalue weighted by molar-refractivity contribution is -0.137. The second-order valence-corrected chi connectivity index (χ2v) is 8.13. The van der Waals surface area contributed by atoms with E-state index in [4.69, 9.17) is 0 Å². The highest BCUT2D eigenvalue weighted by atomic mass is 32.2. The van der Waals surface area contributed by atoms with E-state index in [-0.39, 0.29) is 17.4 Å². The van der Waals surface area contributed by atoms with E-state index in [1.54, 1.807) is 6.20 Å². The number of aromatic amines is 1. The van der Waals surface area contributed by atoms with E-state index in [2.05, 4.69) is 10.2 Å². The molecule has 0 saturated carbocycles. The van der Waals surface area contributed by atoms with Crippen molar-refractivity contribution in [3.05, 3.63) is 47.3 Å². The third kappa shape index (κ3) is 3.57. The molecular formula is C16H18F3N3O2S. The minimum Gasteiger partial charge on any atom is -0.282 e. The van der Waals surface area contributed by atoms with Gasteiger partial charge in [0.15, 0.2) is 0 Å². The van der Waals surface area contributed by atoms with E-state index < -0.39 is 21.8 Å². The van der Waals surface area contributed by atoms with Crippen molar-refractivity contribution in [2.24, 2.45) is 0 Å². The van der Waals surface area contributed by atoms with E-state index in [1.165, 1.54) is 4.31 Å². The maximum atomic E-state index is 12.8. The van der Waals surface area contributed by atoms with Gasteiger partial charge in [-0.25, -0.2) is 8.42 Å². The number of aryl methyl sites for hydroxylation is 1. The molecule has 0 unspecified atom stereocenters. The first kappa shape index (κ1) is 17.9. The van der Waals surface area contributed by atoms with Crippen LogP contribution < -0.4 is 0 Å². The topological polar surface area (TPSA) is 66.1 Å². The van der Waals surface area contributed by atoms with Crippen molar-refractivity contribution >= 4 is 10.0 Å². The Morgan fingerprint density at radius 1 is 1.24 bits per heavy atom. The number of nitrogens with one attached hydrogen (secondary N) is 1. The molecule has 9 heteroatoms. The fourth-order valence-corrected chi connectivity index (χ4v) is 4.65. The molecule has 1 aromatic heterocycles. The zero-order chi connectivity index (χ0) is 18.2. The van der Waals surface area contributed by atoms with E-state index in [1.807, 2.05) is 6.92 Å². The van der Waals surface area contributed by atoms with E-state index in [0.29, 0.717) is 13.0 Å². The van der Waals surface area contributed by atoms with Crippen LogP contribution in [0.2, 0.25) is 0 Å². The van der Waals surface area contributed by atoms with E-state index >= 15 is 0 Å². The molecule has 1 aromatic carbocycles. The maximum Gasteiger partial charge on any atom is 0.416 e. The summed E-state index contributed by atoms with van der Waals surface area (Å²) in [7, 11) is -3.83. The van der Waals surface area contributed by atoms with Crippen LogP contribution in [0.25, 0.3) is 0 Å². The van der Waals surface area contributed by atoms with Gasteiger partial charge >= 0.3 is 6.18 Å². The van der Waals surface area contributed by atoms with Crippen molar-refractivity contribution in [1.29, 1.82) is 0 Å². The average molecular weight is 373 g/mol. The molecule has 0 bridgehead atoms. The Hall–Kier alpha value is -1.87. The zero-order valence-electron chi connectivity index (χ0n) is 13.5. The quantitative estimate of drug-likeness (QED) is 0.898. The first-order valence-corrected chi connectivity index (χ1v) is 9.31. The molecule has 1 aliphatic heterocycles. The molecule has 1 atom stereocenters. The minimum atomic E-state index is -4.49. The number of hydrogen-bond acceptors (Lipinski definition) is 3. The summed E-state index contributed by atoms with van der Waals surface area (Å²) in [5, 5.41) is 6.89. The number of H-pyrrole nitrogens is 1. The van der Waals surface area contributed by atoms with Crippen LogP contribution in [-0.2, 0) is 16.2 Å². The molecule has 0 radical (unpaired) electrons. The first-order chi connectivity index (χ1) is 11.7. The molecule has 0 aliphatic carbocycles. The van der Waals surface area contributed by atoms with Crippen LogP contribution in [0.5, 0.6) is 0 Å². The number of piperidine rings is 1. The van der Waals surface area contributed by atoms with E-state index in [0.717, 1.165) is 41.9 Å². The molecule has 1 saturated heterocycles. The molecule has 136 valence electrons. The van der Waals surface area contributed by atoms with Crippen LogP contribution in [0.4, 0.5) is 13.2 Å². The van der Waals surface area contributed by atoms with E-state index in [9.17, 15) is 21.6 Å². The second kappa shape index (κ2) is 6.45. The van der Waals surface area contributed by atoms with Gasteiger partial charge in [0.05, 0.1) is 16.7 Å². The molecule has 5 nitrogen and oxygen atoms in total. The van der Waals surface area contributed by atoms with Crippen LogP contribution in [0, 0.1) is 6.92 Å². The number of halogens is 3. The molecular weight excluding hydrogens is 355 g/mol. The van der Waals surface area contributed by atoms with Crippen molar-refractivity contribution in [3.8, 4) is 0 Å². The molecule has 2 heterocycles. The molecule has 1 N–H and O–H groups in total. The second-order valence-electron chi connectivity index (χ2n) is 6.19. The summed E-state index contributed by atoms with van der Waals surface area (Å²) in [4.78, 5) is -0.123. The van der Waals surface area contributed by atoms with Gasteiger partial charge in [0, 0.05) is 24.7 Å². The molecule has 0 amide bonds. The predicted molar refractivity (Wildman–Crippen MR) is 85.5 cm³/mol. The molecule has 2 aromatic rings. The summed E-state index contributed by atoms with van der Waals surface area (Å²) in [6.45, 7) is 2.54. The predicted octanol–water partition coefficient (Wildman–Crippen LogP) is 3.31. The zero-order valence-corrected chi connectivity index (χ0v) is 14.4. The van der Waals surface area contributed by atoms with Gasteiger partial charge in [-0.3, -0.25) is 5.10 Å². The number of nitrogens with zero attached hydrogens (tertiary/aromatic N) is 2.